The predicted octanol–water partition coefficient (Wildman–Crippen LogP) is 1.84. The number of ether oxygens (including phenoxy) is 1. The zero-order valence-electron chi connectivity index (χ0n) is 12.7. The molecule has 0 radical (unpaired) electrons. The van der Waals surface area contributed by atoms with Crippen LogP contribution < -0.4 is 0 Å². The number of amides is 1. The highest BCUT2D eigenvalue weighted by Gasteiger charge is 2.28. The summed E-state index contributed by atoms with van der Waals surface area (Å²) in [7, 11) is 1.49. The lowest BCUT2D eigenvalue weighted by molar-refractivity contribution is -0.149. The summed E-state index contributed by atoms with van der Waals surface area (Å²) < 4.78 is 4.90. The van der Waals surface area contributed by atoms with Gasteiger partial charge in [-0.15, -0.1) is 0 Å². The van der Waals surface area contributed by atoms with E-state index in [2.05, 4.69) is 0 Å². The minimum Gasteiger partial charge on any atom is -0.464 e. The molecule has 2 rings (SSSR count). The molecule has 1 N–H and O–H groups in total. The Morgan fingerprint density at radius 1 is 1.18 bits per heavy atom. The molecular weight excluding hydrogens is 282 g/mol. The molecule has 0 aromatic heterocycles. The molecule has 0 bridgehead atoms. The van der Waals surface area contributed by atoms with Gasteiger partial charge in [-0.2, -0.15) is 0 Å². The summed E-state index contributed by atoms with van der Waals surface area (Å²) in [4.78, 5) is 25.7. The van der Waals surface area contributed by atoms with E-state index in [1.807, 2.05) is 30.3 Å². The van der Waals surface area contributed by atoms with Crippen LogP contribution in [0.15, 0.2) is 42.5 Å². The maximum Gasteiger partial charge on any atom is 0.331 e. The normalized spacial score (nSPS) is 12.0. The lowest BCUT2D eigenvalue weighted by Crippen LogP contribution is -2.45. The summed E-state index contributed by atoms with van der Waals surface area (Å²) in [6.45, 7) is 1.40. The van der Waals surface area contributed by atoms with Crippen molar-refractivity contribution in [3.8, 4) is 0 Å². The topological polar surface area (TPSA) is 66.8 Å². The van der Waals surface area contributed by atoms with Crippen LogP contribution in [0.1, 0.15) is 17.3 Å². The molecule has 0 saturated carbocycles. The van der Waals surface area contributed by atoms with Gasteiger partial charge in [0.05, 0.1) is 13.2 Å². The fraction of sp³-hybridized carbons (Fsp3) is 0.294. The number of fused-ring (bicyclic) bond motifs is 1. The first-order chi connectivity index (χ1) is 10.6. The van der Waals surface area contributed by atoms with E-state index in [0.29, 0.717) is 5.56 Å². The van der Waals surface area contributed by atoms with E-state index < -0.39 is 18.6 Å². The Morgan fingerprint density at radius 2 is 1.86 bits per heavy atom. The van der Waals surface area contributed by atoms with Gasteiger partial charge in [0.25, 0.3) is 5.91 Å². The Morgan fingerprint density at radius 3 is 2.55 bits per heavy atom. The number of carbonyl (C=O) groups is 2. The molecule has 1 amide bonds. The highest BCUT2D eigenvalue weighted by Crippen LogP contribution is 2.20. The molecule has 1 unspecified atom stereocenters. The van der Waals surface area contributed by atoms with Crippen molar-refractivity contribution in [1.82, 2.24) is 4.90 Å². The number of hydrogen-bond donors (Lipinski definition) is 1. The Bertz CT molecular complexity index is 678. The highest BCUT2D eigenvalue weighted by atomic mass is 16.5. The maximum absolute atomic E-state index is 12.7. The number of carbonyl (C=O) groups excluding carboxylic acids is 2. The molecule has 0 heterocycles. The van der Waals surface area contributed by atoms with Crippen LogP contribution in [0, 0.1) is 0 Å². The molecule has 116 valence electrons. The Kier molecular flexibility index (Phi) is 5.12. The summed E-state index contributed by atoms with van der Waals surface area (Å²) in [5.41, 5.74) is 0.489. The molecule has 1 atom stereocenters. The number of esters is 1. The molecule has 0 fully saturated rings. The minimum atomic E-state index is -1.01. The lowest BCUT2D eigenvalue weighted by atomic mass is 10.0. The molecule has 5 heteroatoms. The number of aliphatic hydroxyl groups is 1. The molecule has 0 saturated heterocycles. The first-order valence-electron chi connectivity index (χ1n) is 7.12. The minimum absolute atomic E-state index is 0.200. The quantitative estimate of drug-likeness (QED) is 0.856. The van der Waals surface area contributed by atoms with E-state index in [4.69, 9.17) is 4.74 Å². The van der Waals surface area contributed by atoms with Crippen LogP contribution in [-0.4, -0.2) is 48.2 Å². The van der Waals surface area contributed by atoms with E-state index in [-0.39, 0.29) is 12.5 Å². The van der Waals surface area contributed by atoms with E-state index in [1.165, 1.54) is 11.9 Å². The summed E-state index contributed by atoms with van der Waals surface area (Å²) in [6.07, 6.45) is 0. The molecule has 0 aliphatic heterocycles. The predicted molar refractivity (Wildman–Crippen MR) is 83.5 cm³/mol. The number of benzene rings is 2. The second-order valence-corrected chi connectivity index (χ2v) is 4.89. The standard InChI is InChI=1S/C17H19NO4/c1-3-22-17(21)15(11-19)18(2)16(20)14-10-6-8-12-7-4-5-9-13(12)14/h4-10,15,19H,3,11H2,1-2H3. The smallest absolute Gasteiger partial charge is 0.331 e. The van der Waals surface area contributed by atoms with Crippen molar-refractivity contribution < 1.29 is 19.4 Å². The number of likely N-dealkylation sites (N-methyl/N-ethyl adjacent to an activating group) is 1. The zero-order valence-corrected chi connectivity index (χ0v) is 12.7. The highest BCUT2D eigenvalue weighted by molar-refractivity contribution is 6.07. The Hall–Kier alpha value is -2.40. The molecule has 0 spiro atoms. The molecule has 5 nitrogen and oxygen atoms in total. The van der Waals surface area contributed by atoms with Crippen molar-refractivity contribution in [3.05, 3.63) is 48.0 Å². The van der Waals surface area contributed by atoms with Gasteiger partial charge in [0.2, 0.25) is 0 Å². The van der Waals surface area contributed by atoms with Gasteiger partial charge in [-0.05, 0) is 23.8 Å². The molecule has 0 aliphatic rings. The average molecular weight is 301 g/mol. The molecule has 2 aromatic carbocycles. The lowest BCUT2D eigenvalue weighted by Gasteiger charge is -2.25. The number of nitrogens with zero attached hydrogens (tertiary/aromatic N) is 1. The SMILES string of the molecule is CCOC(=O)C(CO)N(C)C(=O)c1cccc2ccccc12. The van der Waals surface area contributed by atoms with Crippen LogP contribution in [0.5, 0.6) is 0 Å². The summed E-state index contributed by atoms with van der Waals surface area (Å²) in [5.74, 6) is -0.940. The number of hydrogen-bond acceptors (Lipinski definition) is 4. The van der Waals surface area contributed by atoms with Crippen LogP contribution in [0.25, 0.3) is 10.8 Å². The van der Waals surface area contributed by atoms with Crippen molar-refractivity contribution in [2.24, 2.45) is 0 Å². The molecule has 22 heavy (non-hydrogen) atoms. The Balaban J connectivity index is 2.34. The van der Waals surface area contributed by atoms with Crippen molar-refractivity contribution in [1.29, 1.82) is 0 Å². The molecule has 0 aliphatic carbocycles. The van der Waals surface area contributed by atoms with E-state index in [1.54, 1.807) is 19.1 Å². The van der Waals surface area contributed by atoms with E-state index in [0.717, 1.165) is 10.8 Å². The van der Waals surface area contributed by atoms with Gasteiger partial charge < -0.3 is 14.7 Å². The van der Waals surface area contributed by atoms with Gasteiger partial charge in [-0.25, -0.2) is 4.79 Å². The van der Waals surface area contributed by atoms with Crippen LogP contribution in [0.2, 0.25) is 0 Å². The zero-order chi connectivity index (χ0) is 16.1. The molecule has 2 aromatic rings. The van der Waals surface area contributed by atoms with Gasteiger partial charge in [-0.3, -0.25) is 4.79 Å². The number of rotatable bonds is 5. The monoisotopic (exact) mass is 301 g/mol. The summed E-state index contributed by atoms with van der Waals surface area (Å²) in [6, 6.07) is 11.9. The third-order valence-electron chi connectivity index (χ3n) is 3.54. The van der Waals surface area contributed by atoms with Gasteiger partial charge >= 0.3 is 5.97 Å². The van der Waals surface area contributed by atoms with Crippen molar-refractivity contribution in [2.75, 3.05) is 20.3 Å². The second kappa shape index (κ2) is 7.04. The third-order valence-corrected chi connectivity index (χ3v) is 3.54. The fourth-order valence-electron chi connectivity index (χ4n) is 2.34. The molecular formula is C17H19NO4. The summed E-state index contributed by atoms with van der Waals surface area (Å²) in [5, 5.41) is 11.2. The van der Waals surface area contributed by atoms with Crippen LogP contribution in [-0.2, 0) is 9.53 Å². The maximum atomic E-state index is 12.7. The van der Waals surface area contributed by atoms with E-state index >= 15 is 0 Å². The van der Waals surface area contributed by atoms with Crippen LogP contribution in [0.4, 0.5) is 0 Å². The fourth-order valence-corrected chi connectivity index (χ4v) is 2.34. The summed E-state index contributed by atoms with van der Waals surface area (Å²) >= 11 is 0. The number of aliphatic hydroxyl groups excluding tert-OH is 1. The largest absolute Gasteiger partial charge is 0.464 e. The first-order valence-corrected chi connectivity index (χ1v) is 7.12. The van der Waals surface area contributed by atoms with Crippen molar-refractivity contribution in [3.63, 3.8) is 0 Å². The van der Waals surface area contributed by atoms with Crippen molar-refractivity contribution in [2.45, 2.75) is 13.0 Å². The van der Waals surface area contributed by atoms with Crippen LogP contribution in [0.3, 0.4) is 0 Å². The second-order valence-electron chi connectivity index (χ2n) is 4.89. The van der Waals surface area contributed by atoms with Gasteiger partial charge in [0, 0.05) is 12.6 Å². The van der Waals surface area contributed by atoms with Crippen LogP contribution >= 0.6 is 0 Å². The Labute approximate surface area is 129 Å². The third kappa shape index (κ3) is 3.09. The van der Waals surface area contributed by atoms with Gasteiger partial charge in [0.15, 0.2) is 6.04 Å². The van der Waals surface area contributed by atoms with E-state index in [9.17, 15) is 14.7 Å². The van der Waals surface area contributed by atoms with Gasteiger partial charge in [-0.1, -0.05) is 36.4 Å². The first kappa shape index (κ1) is 16.0. The van der Waals surface area contributed by atoms with Gasteiger partial charge in [0.1, 0.15) is 0 Å². The van der Waals surface area contributed by atoms with Crippen molar-refractivity contribution >= 4 is 22.6 Å². The average Bonchev–Trinajstić information content (AvgIpc) is 2.54.